The Morgan fingerprint density at radius 3 is 2.62 bits per heavy atom. The van der Waals surface area contributed by atoms with Gasteiger partial charge < -0.3 is 30.5 Å². The average molecular weight is 598 g/mol. The number of benzene rings is 1. The van der Waals surface area contributed by atoms with Gasteiger partial charge in [-0.25, -0.2) is 9.67 Å². The molecular weight excluding hydrogens is 558 g/mol. The summed E-state index contributed by atoms with van der Waals surface area (Å²) < 4.78 is 7.28. The van der Waals surface area contributed by atoms with Crippen LogP contribution in [0, 0.1) is 18.8 Å². The Labute approximate surface area is 249 Å². The number of aryl methyl sites for hydroxylation is 1. The van der Waals surface area contributed by atoms with Crippen LogP contribution in [-0.2, 0) is 20.9 Å². The topological polar surface area (TPSA) is 155 Å². The van der Waals surface area contributed by atoms with Gasteiger partial charge >= 0.3 is 0 Å². The largest absolute Gasteiger partial charge is 0.394 e. The fourth-order valence-electron chi connectivity index (χ4n) is 5.44. The van der Waals surface area contributed by atoms with Gasteiger partial charge in [0, 0.05) is 32.0 Å². The van der Waals surface area contributed by atoms with E-state index in [0.717, 1.165) is 34.8 Å². The van der Waals surface area contributed by atoms with E-state index in [1.807, 2.05) is 45.0 Å². The molecule has 2 saturated heterocycles. The van der Waals surface area contributed by atoms with Crippen LogP contribution in [0.2, 0.25) is 0 Å². The summed E-state index contributed by atoms with van der Waals surface area (Å²) in [6.45, 7) is 8.33. The van der Waals surface area contributed by atoms with Crippen LogP contribution in [0.5, 0.6) is 0 Å². The number of amides is 2. The number of aliphatic hydroxyl groups is 2. The van der Waals surface area contributed by atoms with E-state index in [1.165, 1.54) is 9.58 Å². The molecule has 0 saturated carbocycles. The second-order valence-corrected chi connectivity index (χ2v) is 12.3. The van der Waals surface area contributed by atoms with Crippen molar-refractivity contribution >= 4 is 23.2 Å². The molecule has 226 valence electrons. The van der Waals surface area contributed by atoms with Crippen molar-refractivity contribution in [1.29, 1.82) is 0 Å². The molecule has 12 nitrogen and oxygen atoms in total. The minimum atomic E-state index is -0.885. The molecule has 1 aromatic carbocycles. The SMILES string of the molecule is Cc1ncsc1-c1ccc([C@H](CO)NC(=O)[C@@H]2C[C@@H](O)CN2C(=O)[C@H](C(C)C)n2cc(COCC3CNC3)nn2)cc1. The van der Waals surface area contributed by atoms with Gasteiger partial charge in [0.1, 0.15) is 17.8 Å². The van der Waals surface area contributed by atoms with E-state index >= 15 is 0 Å². The molecule has 0 aliphatic carbocycles. The molecule has 0 radical (unpaired) electrons. The van der Waals surface area contributed by atoms with Crippen LogP contribution in [0.15, 0.2) is 36.0 Å². The maximum Gasteiger partial charge on any atom is 0.248 e. The Morgan fingerprint density at radius 2 is 2.00 bits per heavy atom. The number of likely N-dealkylation sites (tertiary alicyclic amines) is 1. The fraction of sp³-hybridized carbons (Fsp3) is 0.552. The maximum absolute atomic E-state index is 13.9. The number of β-amino-alcohol motifs (C(OH)–C–C–N with tert-alkyl or cyclic N) is 1. The van der Waals surface area contributed by atoms with Crippen LogP contribution in [0.3, 0.4) is 0 Å². The van der Waals surface area contributed by atoms with E-state index in [0.29, 0.717) is 24.8 Å². The molecule has 4 atom stereocenters. The summed E-state index contributed by atoms with van der Waals surface area (Å²) in [5.41, 5.74) is 5.11. The molecular formula is C29H39N7O5S. The van der Waals surface area contributed by atoms with E-state index in [-0.39, 0.29) is 31.4 Å². The molecule has 2 aliphatic heterocycles. The number of ether oxygens (including phenoxy) is 1. The third-order valence-electron chi connectivity index (χ3n) is 7.88. The number of nitrogens with one attached hydrogen (secondary N) is 2. The molecule has 4 N–H and O–H groups in total. The minimum absolute atomic E-state index is 0.0346. The van der Waals surface area contributed by atoms with Crippen molar-refractivity contribution in [2.75, 3.05) is 32.8 Å². The zero-order valence-corrected chi connectivity index (χ0v) is 25.0. The Balaban J connectivity index is 1.25. The first-order valence-electron chi connectivity index (χ1n) is 14.3. The highest BCUT2D eigenvalue weighted by Crippen LogP contribution is 2.30. The molecule has 3 aromatic rings. The standard InChI is InChI=1S/C29H39N7O5S/c1-17(2)26(36-11-22(33-34-36)15-41-14-19-9-30-10-19)29(40)35-12-23(38)8-25(35)28(39)32-24(13-37)20-4-6-21(7-5-20)27-18(3)31-16-42-27/h4-7,11,16-17,19,23-26,30,37-38H,8-10,12-15H2,1-3H3,(H,32,39)/t23-,24+,25+,26+/m1/s1. The lowest BCUT2D eigenvalue weighted by Crippen LogP contribution is -2.50. The first-order valence-corrected chi connectivity index (χ1v) is 15.2. The number of carbonyl (C=O) groups excluding carboxylic acids is 2. The summed E-state index contributed by atoms with van der Waals surface area (Å²) >= 11 is 1.55. The lowest BCUT2D eigenvalue weighted by Gasteiger charge is -2.30. The zero-order chi connectivity index (χ0) is 29.8. The van der Waals surface area contributed by atoms with E-state index in [9.17, 15) is 19.8 Å². The van der Waals surface area contributed by atoms with Gasteiger partial charge in [0.15, 0.2) is 0 Å². The fourth-order valence-corrected chi connectivity index (χ4v) is 6.25. The van der Waals surface area contributed by atoms with Crippen LogP contribution in [0.25, 0.3) is 10.4 Å². The van der Waals surface area contributed by atoms with Crippen LogP contribution in [0.4, 0.5) is 0 Å². The monoisotopic (exact) mass is 597 g/mol. The van der Waals surface area contributed by atoms with Crippen molar-refractivity contribution in [3.05, 3.63) is 52.9 Å². The average Bonchev–Trinajstić information content (AvgIpc) is 3.68. The van der Waals surface area contributed by atoms with E-state index in [1.54, 1.807) is 23.0 Å². The lowest BCUT2D eigenvalue weighted by molar-refractivity contribution is -0.142. The molecule has 13 heteroatoms. The molecule has 0 bridgehead atoms. The van der Waals surface area contributed by atoms with Crippen molar-refractivity contribution in [2.24, 2.45) is 11.8 Å². The highest BCUT2D eigenvalue weighted by molar-refractivity contribution is 7.13. The van der Waals surface area contributed by atoms with Gasteiger partial charge in [-0.2, -0.15) is 0 Å². The Morgan fingerprint density at radius 1 is 1.24 bits per heavy atom. The number of nitrogens with zero attached hydrogens (tertiary/aromatic N) is 5. The summed E-state index contributed by atoms with van der Waals surface area (Å²) in [5, 5.41) is 35.1. The van der Waals surface area contributed by atoms with Gasteiger partial charge in [0.05, 0.1) is 54.2 Å². The summed E-state index contributed by atoms with van der Waals surface area (Å²) in [6.07, 6.45) is 0.978. The van der Waals surface area contributed by atoms with E-state index < -0.39 is 30.1 Å². The third kappa shape index (κ3) is 6.70. The number of hydrogen-bond donors (Lipinski definition) is 4. The molecule has 2 amide bonds. The quantitative estimate of drug-likeness (QED) is 0.243. The van der Waals surface area contributed by atoms with E-state index in [4.69, 9.17) is 4.74 Å². The molecule has 2 fully saturated rings. The van der Waals surface area contributed by atoms with Crippen LogP contribution in [0.1, 0.15) is 49.3 Å². The Kier molecular flexibility index (Phi) is 9.63. The molecule has 2 aromatic heterocycles. The van der Waals surface area contributed by atoms with Crippen LogP contribution >= 0.6 is 11.3 Å². The Bertz CT molecular complexity index is 1360. The second kappa shape index (κ2) is 13.4. The zero-order valence-electron chi connectivity index (χ0n) is 24.1. The number of rotatable bonds is 12. The van der Waals surface area contributed by atoms with Gasteiger partial charge in [-0.05, 0) is 24.0 Å². The van der Waals surface area contributed by atoms with E-state index in [2.05, 4.69) is 25.9 Å². The lowest BCUT2D eigenvalue weighted by atomic mass is 10.0. The van der Waals surface area contributed by atoms with Crippen molar-refractivity contribution in [2.45, 2.75) is 58.0 Å². The van der Waals surface area contributed by atoms with Gasteiger partial charge in [-0.15, -0.1) is 16.4 Å². The molecule has 0 unspecified atom stereocenters. The second-order valence-electron chi connectivity index (χ2n) is 11.4. The highest BCUT2D eigenvalue weighted by Gasteiger charge is 2.43. The number of thiazole rings is 1. The third-order valence-corrected chi connectivity index (χ3v) is 8.86. The Hall–Kier alpha value is -3.23. The summed E-state index contributed by atoms with van der Waals surface area (Å²) in [7, 11) is 0. The first-order chi connectivity index (χ1) is 20.2. The van der Waals surface area contributed by atoms with Crippen molar-refractivity contribution < 1.29 is 24.5 Å². The number of aliphatic hydroxyl groups excluding tert-OH is 2. The van der Waals surface area contributed by atoms with Crippen molar-refractivity contribution in [3.63, 3.8) is 0 Å². The summed E-state index contributed by atoms with van der Waals surface area (Å²) in [4.78, 5) is 34.1. The number of aromatic nitrogens is 4. The van der Waals surface area contributed by atoms with Gasteiger partial charge in [-0.3, -0.25) is 9.59 Å². The minimum Gasteiger partial charge on any atom is -0.394 e. The summed E-state index contributed by atoms with van der Waals surface area (Å²) in [5.74, 6) is -0.389. The molecule has 0 spiro atoms. The molecule has 42 heavy (non-hydrogen) atoms. The van der Waals surface area contributed by atoms with Crippen molar-refractivity contribution in [1.82, 2.24) is 35.5 Å². The van der Waals surface area contributed by atoms with Crippen LogP contribution in [-0.4, -0.2) is 91.9 Å². The molecule has 2 aliphatic rings. The van der Waals surface area contributed by atoms with Crippen LogP contribution < -0.4 is 10.6 Å². The van der Waals surface area contributed by atoms with Gasteiger partial charge in [0.25, 0.3) is 0 Å². The predicted molar refractivity (Wildman–Crippen MR) is 156 cm³/mol. The maximum atomic E-state index is 13.9. The normalized spacial score (nSPS) is 20.5. The van der Waals surface area contributed by atoms with Gasteiger partial charge in [-0.1, -0.05) is 43.3 Å². The van der Waals surface area contributed by atoms with Gasteiger partial charge in [0.2, 0.25) is 11.8 Å². The number of hydrogen-bond acceptors (Lipinski definition) is 10. The molecule has 5 rings (SSSR count). The van der Waals surface area contributed by atoms with Crippen molar-refractivity contribution in [3.8, 4) is 10.4 Å². The first kappa shape index (κ1) is 30.2. The smallest absolute Gasteiger partial charge is 0.248 e. The molecule has 4 heterocycles. The highest BCUT2D eigenvalue weighted by atomic mass is 32.1. The number of carbonyl (C=O) groups is 2. The summed E-state index contributed by atoms with van der Waals surface area (Å²) in [6, 6.07) is 5.35. The predicted octanol–water partition coefficient (Wildman–Crippen LogP) is 1.45.